The number of rotatable bonds is 3. The zero-order chi connectivity index (χ0) is 14.8. The van der Waals surface area contributed by atoms with Crippen LogP contribution >= 0.6 is 34.7 Å². The van der Waals surface area contributed by atoms with Gasteiger partial charge in [-0.3, -0.25) is 4.98 Å². The number of thiophene rings is 1. The number of carbonyl (C=O) groups is 1. The number of methoxy groups -OCH3 is 1. The molecule has 3 rings (SSSR count). The molecule has 0 aliphatic rings. The van der Waals surface area contributed by atoms with E-state index in [0.29, 0.717) is 9.90 Å². The van der Waals surface area contributed by atoms with Crippen LogP contribution in [0.3, 0.4) is 0 Å². The number of benzene rings is 1. The van der Waals surface area contributed by atoms with Crippen LogP contribution in [0.25, 0.3) is 10.1 Å². The van der Waals surface area contributed by atoms with E-state index in [4.69, 9.17) is 16.3 Å². The van der Waals surface area contributed by atoms with E-state index < -0.39 is 0 Å². The number of pyridine rings is 1. The summed E-state index contributed by atoms with van der Waals surface area (Å²) in [6.07, 6.45) is 3.56. The van der Waals surface area contributed by atoms with Gasteiger partial charge in [0.15, 0.2) is 0 Å². The van der Waals surface area contributed by atoms with E-state index in [1.165, 1.54) is 18.4 Å². The molecule has 6 heteroatoms. The van der Waals surface area contributed by atoms with Crippen molar-refractivity contribution in [1.29, 1.82) is 0 Å². The quantitative estimate of drug-likeness (QED) is 0.639. The van der Waals surface area contributed by atoms with Crippen molar-refractivity contribution in [2.75, 3.05) is 7.11 Å². The Labute approximate surface area is 134 Å². The number of ether oxygens (including phenoxy) is 1. The molecule has 0 saturated heterocycles. The average molecular weight is 336 g/mol. The number of halogens is 1. The van der Waals surface area contributed by atoms with Gasteiger partial charge in [0.2, 0.25) is 0 Å². The van der Waals surface area contributed by atoms with Gasteiger partial charge in [-0.2, -0.15) is 0 Å². The second-order valence-corrected chi connectivity index (χ2v) is 6.84. The lowest BCUT2D eigenvalue weighted by Crippen LogP contribution is -1.96. The molecule has 0 bridgehead atoms. The van der Waals surface area contributed by atoms with Crippen LogP contribution in [0, 0.1) is 0 Å². The van der Waals surface area contributed by atoms with Crippen LogP contribution in [0.2, 0.25) is 5.02 Å². The molecule has 0 spiro atoms. The normalized spacial score (nSPS) is 10.8. The predicted molar refractivity (Wildman–Crippen MR) is 86.5 cm³/mol. The third-order valence-corrected chi connectivity index (χ3v) is 5.19. The molecule has 21 heavy (non-hydrogen) atoms. The van der Waals surface area contributed by atoms with Gasteiger partial charge in [0.05, 0.1) is 11.8 Å². The third-order valence-electron chi connectivity index (χ3n) is 2.84. The van der Waals surface area contributed by atoms with Crippen molar-refractivity contribution in [1.82, 2.24) is 4.98 Å². The highest BCUT2D eigenvalue weighted by Crippen LogP contribution is 2.36. The van der Waals surface area contributed by atoms with Gasteiger partial charge in [-0.15, -0.1) is 11.3 Å². The maximum absolute atomic E-state index is 11.6. The highest BCUT2D eigenvalue weighted by atomic mass is 35.5. The fraction of sp³-hybridized carbons (Fsp3) is 0.0667. The van der Waals surface area contributed by atoms with Crippen LogP contribution in [0.15, 0.2) is 52.5 Å². The zero-order valence-corrected chi connectivity index (χ0v) is 13.4. The predicted octanol–water partition coefficient (Wildman–Crippen LogP) is 4.89. The highest BCUT2D eigenvalue weighted by Gasteiger charge is 2.13. The summed E-state index contributed by atoms with van der Waals surface area (Å²) in [5.74, 6) is -0.321. The van der Waals surface area contributed by atoms with E-state index in [0.717, 1.165) is 19.9 Å². The Morgan fingerprint density at radius 2 is 2.05 bits per heavy atom. The van der Waals surface area contributed by atoms with E-state index in [-0.39, 0.29) is 5.97 Å². The van der Waals surface area contributed by atoms with Crippen molar-refractivity contribution in [3.05, 3.63) is 52.6 Å². The standard InChI is InChI=1S/C15H10ClNO2S2/c1-19-15(18)12-6-11-13(7-17-8-14(11)21-12)20-10-4-2-9(16)3-5-10/h2-8H,1H3. The maximum Gasteiger partial charge on any atom is 0.348 e. The smallest absolute Gasteiger partial charge is 0.348 e. The summed E-state index contributed by atoms with van der Waals surface area (Å²) in [5.41, 5.74) is 0. The molecule has 0 unspecified atom stereocenters. The minimum atomic E-state index is -0.321. The molecule has 0 saturated carbocycles. The van der Waals surface area contributed by atoms with Crippen molar-refractivity contribution < 1.29 is 9.53 Å². The SMILES string of the molecule is COC(=O)c1cc2c(Sc3ccc(Cl)cc3)cncc2s1. The molecule has 0 aliphatic heterocycles. The van der Waals surface area contributed by atoms with Crippen LogP contribution in [0.5, 0.6) is 0 Å². The summed E-state index contributed by atoms with van der Waals surface area (Å²) in [6, 6.07) is 9.47. The van der Waals surface area contributed by atoms with Gasteiger partial charge in [-0.25, -0.2) is 4.79 Å². The second kappa shape index (κ2) is 6.05. The van der Waals surface area contributed by atoms with Crippen molar-refractivity contribution in [3.8, 4) is 0 Å². The van der Waals surface area contributed by atoms with E-state index in [2.05, 4.69) is 4.98 Å². The van der Waals surface area contributed by atoms with Gasteiger partial charge in [-0.1, -0.05) is 23.4 Å². The Hall–Kier alpha value is -1.56. The number of fused-ring (bicyclic) bond motifs is 1. The summed E-state index contributed by atoms with van der Waals surface area (Å²) in [4.78, 5) is 18.5. The number of nitrogens with zero attached hydrogens (tertiary/aromatic N) is 1. The Morgan fingerprint density at radius 1 is 1.29 bits per heavy atom. The summed E-state index contributed by atoms with van der Waals surface area (Å²) in [7, 11) is 1.38. The van der Waals surface area contributed by atoms with Crippen molar-refractivity contribution in [3.63, 3.8) is 0 Å². The summed E-state index contributed by atoms with van der Waals surface area (Å²) in [6.45, 7) is 0. The van der Waals surface area contributed by atoms with Gasteiger partial charge in [0, 0.05) is 32.6 Å². The molecular weight excluding hydrogens is 326 g/mol. The van der Waals surface area contributed by atoms with Crippen molar-refractivity contribution in [2.45, 2.75) is 9.79 Å². The first-order valence-electron chi connectivity index (χ1n) is 6.06. The maximum atomic E-state index is 11.6. The molecule has 0 aliphatic carbocycles. The number of aromatic nitrogens is 1. The minimum Gasteiger partial charge on any atom is -0.465 e. The third kappa shape index (κ3) is 3.05. The zero-order valence-electron chi connectivity index (χ0n) is 11.0. The first-order chi connectivity index (χ1) is 10.2. The van der Waals surface area contributed by atoms with Crippen molar-refractivity contribution in [2.24, 2.45) is 0 Å². The molecular formula is C15H10ClNO2S2. The van der Waals surface area contributed by atoms with Crippen LogP contribution in [0.4, 0.5) is 0 Å². The van der Waals surface area contributed by atoms with Crippen LogP contribution in [-0.4, -0.2) is 18.1 Å². The number of esters is 1. The van der Waals surface area contributed by atoms with E-state index >= 15 is 0 Å². The molecule has 3 nitrogen and oxygen atoms in total. The van der Waals surface area contributed by atoms with Crippen LogP contribution in [0.1, 0.15) is 9.67 Å². The summed E-state index contributed by atoms with van der Waals surface area (Å²) < 4.78 is 5.73. The van der Waals surface area contributed by atoms with E-state index in [1.807, 2.05) is 30.3 Å². The first-order valence-corrected chi connectivity index (χ1v) is 8.08. The molecule has 0 atom stereocenters. The Bertz CT molecular complexity index is 799. The molecule has 1 aromatic carbocycles. The lowest BCUT2D eigenvalue weighted by molar-refractivity contribution is 0.0606. The number of hydrogen-bond acceptors (Lipinski definition) is 5. The van der Waals surface area contributed by atoms with Gasteiger partial charge < -0.3 is 4.74 Å². The number of carbonyl (C=O) groups excluding carboxylic acids is 1. The largest absolute Gasteiger partial charge is 0.465 e. The van der Waals surface area contributed by atoms with E-state index in [9.17, 15) is 4.79 Å². The van der Waals surface area contributed by atoms with Crippen molar-refractivity contribution >= 4 is 50.8 Å². The fourth-order valence-electron chi connectivity index (χ4n) is 1.85. The first kappa shape index (κ1) is 14.4. The summed E-state index contributed by atoms with van der Waals surface area (Å²) in [5, 5.41) is 1.72. The molecule has 2 aromatic heterocycles. The Balaban J connectivity index is 2.00. The molecule has 0 N–H and O–H groups in total. The molecule has 3 aromatic rings. The van der Waals surface area contributed by atoms with Gasteiger partial charge in [0.1, 0.15) is 4.88 Å². The topological polar surface area (TPSA) is 39.2 Å². The van der Waals surface area contributed by atoms with Crippen LogP contribution in [-0.2, 0) is 4.74 Å². The monoisotopic (exact) mass is 335 g/mol. The van der Waals surface area contributed by atoms with Gasteiger partial charge in [-0.05, 0) is 30.3 Å². The lowest BCUT2D eigenvalue weighted by atomic mass is 10.3. The molecule has 0 radical (unpaired) electrons. The second-order valence-electron chi connectivity index (χ2n) is 4.21. The fourth-order valence-corrected chi connectivity index (χ4v) is 3.93. The highest BCUT2D eigenvalue weighted by molar-refractivity contribution is 7.99. The minimum absolute atomic E-state index is 0.321. The molecule has 106 valence electrons. The Kier molecular flexibility index (Phi) is 4.14. The van der Waals surface area contributed by atoms with E-state index in [1.54, 1.807) is 24.2 Å². The molecule has 2 heterocycles. The molecule has 0 amide bonds. The average Bonchev–Trinajstić information content (AvgIpc) is 2.94. The number of hydrogen-bond donors (Lipinski definition) is 0. The molecule has 0 fully saturated rings. The summed E-state index contributed by atoms with van der Waals surface area (Å²) >= 11 is 8.87. The Morgan fingerprint density at radius 3 is 2.76 bits per heavy atom. The van der Waals surface area contributed by atoms with Gasteiger partial charge >= 0.3 is 5.97 Å². The van der Waals surface area contributed by atoms with Gasteiger partial charge in [0.25, 0.3) is 0 Å². The lowest BCUT2D eigenvalue weighted by Gasteiger charge is -2.02. The van der Waals surface area contributed by atoms with Crippen LogP contribution < -0.4 is 0 Å².